The lowest BCUT2D eigenvalue weighted by molar-refractivity contribution is -0.383. The predicted molar refractivity (Wildman–Crippen MR) is 88.6 cm³/mol. The summed E-state index contributed by atoms with van der Waals surface area (Å²) >= 11 is 1.20. The third-order valence-electron chi connectivity index (χ3n) is 2.60. The Morgan fingerprint density at radius 3 is 2.45 bits per heavy atom. The summed E-state index contributed by atoms with van der Waals surface area (Å²) in [6.45, 7) is 5.45. The normalized spacial score (nSPS) is 9.45. The van der Waals surface area contributed by atoms with Crippen LogP contribution in [0.3, 0.4) is 0 Å². The Bertz CT molecular complexity index is 667. The first kappa shape index (κ1) is 17.6. The van der Waals surface area contributed by atoms with Gasteiger partial charge in [0.2, 0.25) is 0 Å². The van der Waals surface area contributed by atoms with Gasteiger partial charge in [0.25, 0.3) is 5.69 Å². The molecule has 1 heterocycles. The summed E-state index contributed by atoms with van der Waals surface area (Å²) in [6, 6.07) is 7.97. The lowest BCUT2D eigenvalue weighted by atomic mass is 10.2. The number of Topliss-reactive ketones (excluding diaryl/α,β-unsaturated/α-hetero) is 1. The fraction of sp³-hybridized carbons (Fsp3) is 0.267. The van der Waals surface area contributed by atoms with E-state index in [4.69, 9.17) is 4.74 Å². The minimum Gasteiger partial charge on any atom is -0.495 e. The van der Waals surface area contributed by atoms with Crippen molar-refractivity contribution in [3.8, 4) is 5.75 Å². The summed E-state index contributed by atoms with van der Waals surface area (Å²) in [7, 11) is 1.48. The van der Waals surface area contributed by atoms with Crippen molar-refractivity contribution in [2.45, 2.75) is 20.8 Å². The fourth-order valence-electron chi connectivity index (χ4n) is 1.70. The molecule has 2 rings (SSSR count). The van der Waals surface area contributed by atoms with E-state index in [0.29, 0.717) is 21.3 Å². The minimum atomic E-state index is -0.459. The van der Waals surface area contributed by atoms with E-state index in [1.54, 1.807) is 24.3 Å². The van der Waals surface area contributed by atoms with Crippen LogP contribution in [0.5, 0.6) is 5.75 Å². The number of hydrogen-bond acceptors (Lipinski definition) is 6. The van der Waals surface area contributed by atoms with E-state index in [1.165, 1.54) is 31.4 Å². The topological polar surface area (TPSA) is 81.5 Å². The van der Waals surface area contributed by atoms with Crippen LogP contribution in [0.2, 0.25) is 0 Å². The number of anilines is 2. The standard InChI is InChI=1S/C13H12N2O4S.C2H6/c1-8(16)13-11(19-2)7-12(20-13)14-9-5-3-4-6-10(9)15(17)18;1-2/h3-7,14H,1-2H3;1-2H3. The molecule has 0 aliphatic rings. The number of rotatable bonds is 5. The van der Waals surface area contributed by atoms with E-state index in [0.717, 1.165) is 0 Å². The van der Waals surface area contributed by atoms with Gasteiger partial charge in [0.15, 0.2) is 5.78 Å². The fourth-order valence-corrected chi connectivity index (χ4v) is 2.64. The maximum Gasteiger partial charge on any atom is 0.292 e. The van der Waals surface area contributed by atoms with Crippen molar-refractivity contribution < 1.29 is 14.5 Å². The number of thiophene rings is 1. The molecular weight excluding hydrogens is 304 g/mol. The third-order valence-corrected chi connectivity index (χ3v) is 3.73. The molecule has 7 heteroatoms. The summed E-state index contributed by atoms with van der Waals surface area (Å²) in [5, 5.41) is 14.5. The summed E-state index contributed by atoms with van der Waals surface area (Å²) in [6.07, 6.45) is 0. The number of ether oxygens (including phenoxy) is 1. The molecule has 22 heavy (non-hydrogen) atoms. The molecule has 118 valence electrons. The highest BCUT2D eigenvalue weighted by atomic mass is 32.1. The molecule has 6 nitrogen and oxygen atoms in total. The van der Waals surface area contributed by atoms with Gasteiger partial charge >= 0.3 is 0 Å². The Kier molecular flexibility index (Phi) is 6.52. The van der Waals surface area contributed by atoms with Crippen molar-refractivity contribution in [2.24, 2.45) is 0 Å². The number of carbonyl (C=O) groups is 1. The van der Waals surface area contributed by atoms with E-state index in [1.807, 2.05) is 13.8 Å². The molecule has 0 fully saturated rings. The van der Waals surface area contributed by atoms with E-state index in [2.05, 4.69) is 5.32 Å². The zero-order chi connectivity index (χ0) is 16.7. The van der Waals surface area contributed by atoms with E-state index >= 15 is 0 Å². The predicted octanol–water partition coefficient (Wildman–Crippen LogP) is 4.64. The van der Waals surface area contributed by atoms with Gasteiger partial charge in [-0.3, -0.25) is 14.9 Å². The lowest BCUT2D eigenvalue weighted by Crippen LogP contribution is -1.95. The monoisotopic (exact) mass is 322 g/mol. The first-order chi connectivity index (χ1) is 10.5. The SMILES string of the molecule is CC.COc1cc(Nc2ccccc2[N+](=O)[O-])sc1C(C)=O. The van der Waals surface area contributed by atoms with E-state index in [9.17, 15) is 14.9 Å². The molecule has 2 aromatic rings. The molecule has 1 N–H and O–H groups in total. The second kappa shape index (κ2) is 8.14. The number of methoxy groups -OCH3 is 1. The number of nitrogens with one attached hydrogen (secondary N) is 1. The molecule has 0 saturated heterocycles. The van der Waals surface area contributed by atoms with Gasteiger partial charge in [-0.15, -0.1) is 11.3 Å². The number of nitrogens with zero attached hydrogens (tertiary/aromatic N) is 1. The summed E-state index contributed by atoms with van der Waals surface area (Å²) in [4.78, 5) is 22.4. The average molecular weight is 322 g/mol. The molecule has 0 aliphatic carbocycles. The van der Waals surface area contributed by atoms with Crippen LogP contribution in [0.1, 0.15) is 30.4 Å². The quantitative estimate of drug-likeness (QED) is 0.493. The van der Waals surface area contributed by atoms with Crippen LogP contribution < -0.4 is 10.1 Å². The Labute approximate surface area is 132 Å². The highest BCUT2D eigenvalue weighted by Gasteiger charge is 2.17. The van der Waals surface area contributed by atoms with Crippen LogP contribution in [-0.4, -0.2) is 17.8 Å². The Morgan fingerprint density at radius 2 is 1.95 bits per heavy atom. The summed E-state index contributed by atoms with van der Waals surface area (Å²) in [5.41, 5.74) is 0.348. The van der Waals surface area contributed by atoms with Gasteiger partial charge in [0.05, 0.1) is 17.0 Å². The van der Waals surface area contributed by atoms with Crippen molar-refractivity contribution in [3.63, 3.8) is 0 Å². The number of hydrogen-bond donors (Lipinski definition) is 1. The zero-order valence-electron chi connectivity index (χ0n) is 12.9. The van der Waals surface area contributed by atoms with Crippen molar-refractivity contribution >= 4 is 33.5 Å². The lowest BCUT2D eigenvalue weighted by Gasteiger charge is -2.03. The van der Waals surface area contributed by atoms with Gasteiger partial charge in [-0.25, -0.2) is 0 Å². The third kappa shape index (κ3) is 4.05. The van der Waals surface area contributed by atoms with Gasteiger partial charge in [0.1, 0.15) is 16.3 Å². The molecule has 0 spiro atoms. The van der Waals surface area contributed by atoms with Gasteiger partial charge in [-0.1, -0.05) is 26.0 Å². The van der Waals surface area contributed by atoms with Gasteiger partial charge < -0.3 is 10.1 Å². The molecule has 0 aliphatic heterocycles. The van der Waals surface area contributed by atoms with Crippen LogP contribution in [0, 0.1) is 10.1 Å². The molecule has 0 unspecified atom stereocenters. The van der Waals surface area contributed by atoms with Crippen LogP contribution in [0.25, 0.3) is 0 Å². The maximum absolute atomic E-state index is 11.5. The average Bonchev–Trinajstić information content (AvgIpc) is 2.93. The Morgan fingerprint density at radius 1 is 1.32 bits per heavy atom. The molecule has 0 saturated carbocycles. The molecular formula is C15H18N2O4S. The van der Waals surface area contributed by atoms with E-state index < -0.39 is 4.92 Å². The highest BCUT2D eigenvalue weighted by Crippen LogP contribution is 2.37. The Balaban J connectivity index is 0.00000116. The number of benzene rings is 1. The summed E-state index contributed by atoms with van der Waals surface area (Å²) in [5.74, 6) is 0.353. The van der Waals surface area contributed by atoms with Gasteiger partial charge in [-0.05, 0) is 6.07 Å². The zero-order valence-corrected chi connectivity index (χ0v) is 13.7. The smallest absolute Gasteiger partial charge is 0.292 e. The van der Waals surface area contributed by atoms with Crippen LogP contribution in [-0.2, 0) is 0 Å². The summed E-state index contributed by atoms with van der Waals surface area (Å²) < 4.78 is 5.12. The largest absolute Gasteiger partial charge is 0.495 e. The second-order valence-corrected chi connectivity index (χ2v) is 5.02. The molecule has 0 bridgehead atoms. The first-order valence-electron chi connectivity index (χ1n) is 6.72. The van der Waals surface area contributed by atoms with Crippen molar-refractivity contribution in [1.82, 2.24) is 0 Å². The van der Waals surface area contributed by atoms with Crippen LogP contribution in [0.15, 0.2) is 30.3 Å². The molecule has 0 radical (unpaired) electrons. The molecule has 1 aromatic carbocycles. The van der Waals surface area contributed by atoms with Crippen molar-refractivity contribution in [1.29, 1.82) is 0 Å². The van der Waals surface area contributed by atoms with Gasteiger partial charge in [-0.2, -0.15) is 0 Å². The highest BCUT2D eigenvalue weighted by molar-refractivity contribution is 7.18. The second-order valence-electron chi connectivity index (χ2n) is 3.96. The minimum absolute atomic E-state index is 0.0239. The first-order valence-corrected chi connectivity index (χ1v) is 7.53. The molecule has 0 atom stereocenters. The number of para-hydroxylation sites is 2. The number of ketones is 1. The maximum atomic E-state index is 11.5. The number of nitro groups is 1. The Hall–Kier alpha value is -2.41. The van der Waals surface area contributed by atoms with Crippen LogP contribution in [0.4, 0.5) is 16.4 Å². The van der Waals surface area contributed by atoms with Crippen molar-refractivity contribution in [2.75, 3.05) is 12.4 Å². The van der Waals surface area contributed by atoms with Gasteiger partial charge in [0, 0.05) is 19.1 Å². The molecule has 0 amide bonds. The number of nitro benzene ring substituents is 1. The molecule has 1 aromatic heterocycles. The van der Waals surface area contributed by atoms with Crippen molar-refractivity contribution in [3.05, 3.63) is 45.3 Å². The van der Waals surface area contributed by atoms with E-state index in [-0.39, 0.29) is 11.5 Å². The van der Waals surface area contributed by atoms with Crippen LogP contribution >= 0.6 is 11.3 Å². The number of carbonyl (C=O) groups excluding carboxylic acids is 1.